The number of nitrogens with one attached hydrogen (secondary N) is 1. The van der Waals surface area contributed by atoms with Crippen LogP contribution in [0.2, 0.25) is 10.0 Å². The largest absolute Gasteiger partial charge is 0.355 e. The Morgan fingerprint density at radius 2 is 1.82 bits per heavy atom. The number of nitrogens with zero attached hydrogens (tertiary/aromatic N) is 1. The van der Waals surface area contributed by atoms with Gasteiger partial charge >= 0.3 is 0 Å². The van der Waals surface area contributed by atoms with Crippen molar-refractivity contribution in [1.29, 1.82) is 0 Å². The zero-order chi connectivity index (χ0) is 20.7. The summed E-state index contributed by atoms with van der Waals surface area (Å²) in [4.78, 5) is 12.4. The molecule has 152 valence electrons. The van der Waals surface area contributed by atoms with Crippen molar-refractivity contribution in [2.45, 2.75) is 31.2 Å². The van der Waals surface area contributed by atoms with E-state index in [-0.39, 0.29) is 23.9 Å². The molecule has 2 aromatic rings. The van der Waals surface area contributed by atoms with E-state index in [1.807, 2.05) is 6.92 Å². The van der Waals surface area contributed by atoms with Crippen LogP contribution in [-0.2, 0) is 21.4 Å². The summed E-state index contributed by atoms with van der Waals surface area (Å²) in [5, 5.41) is 3.54. The second kappa shape index (κ2) is 10.6. The average molecular weight is 508 g/mol. The van der Waals surface area contributed by atoms with Gasteiger partial charge in [-0.05, 0) is 48.4 Å². The lowest BCUT2D eigenvalue weighted by molar-refractivity contribution is -0.121. The molecule has 0 fully saturated rings. The van der Waals surface area contributed by atoms with Crippen LogP contribution in [-0.4, -0.2) is 31.7 Å². The van der Waals surface area contributed by atoms with Crippen LogP contribution in [0.25, 0.3) is 0 Å². The van der Waals surface area contributed by atoms with Crippen LogP contribution in [0.4, 0.5) is 0 Å². The van der Waals surface area contributed by atoms with Crippen LogP contribution < -0.4 is 5.32 Å². The first-order chi connectivity index (χ1) is 13.2. The number of sulfonamides is 1. The minimum atomic E-state index is -3.91. The predicted molar refractivity (Wildman–Crippen MR) is 116 cm³/mol. The van der Waals surface area contributed by atoms with Crippen LogP contribution in [0.5, 0.6) is 0 Å². The minimum absolute atomic E-state index is 0.0460. The lowest BCUT2D eigenvalue weighted by Crippen LogP contribution is -2.40. The van der Waals surface area contributed by atoms with E-state index < -0.39 is 10.0 Å². The van der Waals surface area contributed by atoms with Gasteiger partial charge in [-0.15, -0.1) is 0 Å². The molecule has 1 N–H and O–H groups in total. The highest BCUT2D eigenvalue weighted by Crippen LogP contribution is 2.25. The molecule has 1 amide bonds. The summed E-state index contributed by atoms with van der Waals surface area (Å²) in [7, 11) is -3.91. The van der Waals surface area contributed by atoms with E-state index in [4.69, 9.17) is 23.2 Å². The van der Waals surface area contributed by atoms with E-state index in [1.54, 1.807) is 30.3 Å². The smallest absolute Gasteiger partial charge is 0.243 e. The van der Waals surface area contributed by atoms with Crippen molar-refractivity contribution < 1.29 is 13.2 Å². The van der Waals surface area contributed by atoms with Crippen LogP contribution in [0, 0.1) is 0 Å². The Balaban J connectivity index is 2.31. The summed E-state index contributed by atoms with van der Waals surface area (Å²) in [5.74, 6) is -0.362. The highest BCUT2D eigenvalue weighted by atomic mass is 79.9. The molecule has 9 heteroatoms. The van der Waals surface area contributed by atoms with Crippen molar-refractivity contribution in [3.8, 4) is 0 Å². The Kier molecular flexibility index (Phi) is 8.77. The number of halogens is 3. The van der Waals surface area contributed by atoms with Gasteiger partial charge in [0.05, 0.1) is 11.4 Å². The SMILES string of the molecule is CCCCNC(=O)CN(Cc1ccc(Cl)cc1Cl)S(=O)(=O)c1ccc(Br)cc1. The number of hydrogen-bond acceptors (Lipinski definition) is 3. The Labute approximate surface area is 184 Å². The third-order valence-electron chi connectivity index (χ3n) is 3.99. The topological polar surface area (TPSA) is 66.5 Å². The molecule has 2 rings (SSSR count). The molecular weight excluding hydrogens is 487 g/mol. The average Bonchev–Trinajstić information content (AvgIpc) is 2.63. The maximum Gasteiger partial charge on any atom is 0.243 e. The first-order valence-electron chi connectivity index (χ1n) is 8.70. The Bertz CT molecular complexity index is 921. The molecule has 0 heterocycles. The van der Waals surface area contributed by atoms with E-state index in [0.29, 0.717) is 22.2 Å². The third-order valence-corrected chi connectivity index (χ3v) is 6.91. The van der Waals surface area contributed by atoms with Crippen LogP contribution in [0.1, 0.15) is 25.3 Å². The van der Waals surface area contributed by atoms with E-state index in [2.05, 4.69) is 21.2 Å². The van der Waals surface area contributed by atoms with Crippen molar-refractivity contribution in [2.75, 3.05) is 13.1 Å². The van der Waals surface area contributed by atoms with Crippen LogP contribution in [0.15, 0.2) is 51.8 Å². The molecule has 0 bridgehead atoms. The number of rotatable bonds is 9. The standard InChI is InChI=1S/C19H21BrCl2N2O3S/c1-2-3-10-23-19(25)13-24(12-14-4-7-16(21)11-18(14)22)28(26,27)17-8-5-15(20)6-9-17/h4-9,11H,2-3,10,12-13H2,1H3,(H,23,25). The lowest BCUT2D eigenvalue weighted by Gasteiger charge is -2.22. The van der Waals surface area contributed by atoms with E-state index in [1.165, 1.54) is 12.1 Å². The van der Waals surface area contributed by atoms with Crippen molar-refractivity contribution in [2.24, 2.45) is 0 Å². The van der Waals surface area contributed by atoms with Gasteiger partial charge in [0.15, 0.2) is 0 Å². The van der Waals surface area contributed by atoms with Crippen molar-refractivity contribution in [3.05, 3.63) is 62.5 Å². The molecule has 0 atom stereocenters. The van der Waals surface area contributed by atoms with E-state index in [9.17, 15) is 13.2 Å². The highest BCUT2D eigenvalue weighted by molar-refractivity contribution is 9.10. The van der Waals surface area contributed by atoms with Gasteiger partial charge in [0.1, 0.15) is 0 Å². The maximum absolute atomic E-state index is 13.2. The first kappa shape index (κ1) is 23.2. The first-order valence-corrected chi connectivity index (χ1v) is 11.7. The van der Waals surface area contributed by atoms with Gasteiger partial charge in [0, 0.05) is 27.6 Å². The van der Waals surface area contributed by atoms with Crippen LogP contribution in [0.3, 0.4) is 0 Å². The number of benzene rings is 2. The third kappa shape index (κ3) is 6.46. The lowest BCUT2D eigenvalue weighted by atomic mass is 10.2. The summed E-state index contributed by atoms with van der Waals surface area (Å²) < 4.78 is 28.2. The number of amides is 1. The molecule has 0 aliphatic rings. The molecule has 0 radical (unpaired) electrons. The molecule has 0 spiro atoms. The number of carbonyl (C=O) groups is 1. The minimum Gasteiger partial charge on any atom is -0.355 e. The maximum atomic E-state index is 13.2. The Morgan fingerprint density at radius 1 is 1.14 bits per heavy atom. The molecule has 0 saturated carbocycles. The van der Waals surface area contributed by atoms with Gasteiger partial charge in [0.25, 0.3) is 0 Å². The molecule has 0 aromatic heterocycles. The van der Waals surface area contributed by atoms with E-state index in [0.717, 1.165) is 21.6 Å². The summed E-state index contributed by atoms with van der Waals surface area (Å²) >= 11 is 15.4. The molecule has 28 heavy (non-hydrogen) atoms. The van der Waals surface area contributed by atoms with Gasteiger partial charge in [-0.3, -0.25) is 4.79 Å². The molecular formula is C19H21BrCl2N2O3S. The van der Waals surface area contributed by atoms with Crippen molar-refractivity contribution in [3.63, 3.8) is 0 Å². The fourth-order valence-electron chi connectivity index (χ4n) is 2.44. The Morgan fingerprint density at radius 3 is 2.43 bits per heavy atom. The molecule has 2 aromatic carbocycles. The van der Waals surface area contributed by atoms with E-state index >= 15 is 0 Å². The zero-order valence-electron chi connectivity index (χ0n) is 15.3. The van der Waals surface area contributed by atoms with Crippen LogP contribution >= 0.6 is 39.1 Å². The predicted octanol–water partition coefficient (Wildman–Crippen LogP) is 4.86. The fourth-order valence-corrected chi connectivity index (χ4v) is 4.55. The van der Waals surface area contributed by atoms with Gasteiger partial charge < -0.3 is 5.32 Å². The van der Waals surface area contributed by atoms with Crippen molar-refractivity contribution >= 4 is 55.1 Å². The Hall–Kier alpha value is -1.12. The van der Waals surface area contributed by atoms with Gasteiger partial charge in [-0.1, -0.05) is 58.5 Å². The molecule has 5 nitrogen and oxygen atoms in total. The number of hydrogen-bond donors (Lipinski definition) is 1. The summed E-state index contributed by atoms with van der Waals surface area (Å²) in [6, 6.07) is 11.1. The summed E-state index contributed by atoms with van der Waals surface area (Å²) in [6.45, 7) is 2.17. The molecule has 0 aliphatic heterocycles. The summed E-state index contributed by atoms with van der Waals surface area (Å²) in [6.07, 6.45) is 1.76. The van der Waals surface area contributed by atoms with Gasteiger partial charge in [-0.25, -0.2) is 8.42 Å². The monoisotopic (exact) mass is 506 g/mol. The number of carbonyl (C=O) groups excluding carboxylic acids is 1. The highest BCUT2D eigenvalue weighted by Gasteiger charge is 2.27. The second-order valence-electron chi connectivity index (χ2n) is 6.17. The molecule has 0 aliphatic carbocycles. The molecule has 0 saturated heterocycles. The fraction of sp³-hybridized carbons (Fsp3) is 0.316. The quantitative estimate of drug-likeness (QED) is 0.492. The second-order valence-corrected chi connectivity index (χ2v) is 9.86. The molecule has 0 unspecified atom stereocenters. The number of unbranched alkanes of at least 4 members (excludes halogenated alkanes) is 1. The summed E-state index contributed by atoms with van der Waals surface area (Å²) in [5.41, 5.74) is 0.563. The normalized spacial score (nSPS) is 11.6. The van der Waals surface area contributed by atoms with Gasteiger partial charge in [0.2, 0.25) is 15.9 Å². The zero-order valence-corrected chi connectivity index (χ0v) is 19.2. The van der Waals surface area contributed by atoms with Gasteiger partial charge in [-0.2, -0.15) is 4.31 Å². The van der Waals surface area contributed by atoms with Crippen molar-refractivity contribution in [1.82, 2.24) is 9.62 Å².